The summed E-state index contributed by atoms with van der Waals surface area (Å²) < 4.78 is 6.20. The molecule has 4 N–H and O–H groups in total. The Kier molecular flexibility index (Phi) is 3.67. The molecule has 0 amide bonds. The molecule has 0 aliphatic carbocycles. The molecule has 0 aromatic carbocycles. The summed E-state index contributed by atoms with van der Waals surface area (Å²) in [5, 5.41) is 28.5. The standard InChI is InChI=1S/C11H14N2O6/c1-2-5-3-7(15)12-11(18)13(5)10-9(17)8(16)6(4-14)19-10/h2-3,6,8-10,14,16-17H,1,4H2,(H,12,15,18)/t6-,8-,9-,10-/m1/s1. The number of aliphatic hydroxyl groups excluding tert-OH is 3. The van der Waals surface area contributed by atoms with Gasteiger partial charge in [-0.05, 0) is 6.08 Å². The minimum Gasteiger partial charge on any atom is -0.394 e. The van der Waals surface area contributed by atoms with E-state index in [0.717, 1.165) is 10.6 Å². The summed E-state index contributed by atoms with van der Waals surface area (Å²) >= 11 is 0. The van der Waals surface area contributed by atoms with Gasteiger partial charge in [0.2, 0.25) is 0 Å². The van der Waals surface area contributed by atoms with Gasteiger partial charge in [0.1, 0.15) is 18.3 Å². The van der Waals surface area contributed by atoms with Gasteiger partial charge < -0.3 is 20.1 Å². The minimum absolute atomic E-state index is 0.142. The average molecular weight is 270 g/mol. The van der Waals surface area contributed by atoms with Crippen LogP contribution in [0.1, 0.15) is 11.9 Å². The third-order valence-corrected chi connectivity index (χ3v) is 2.99. The van der Waals surface area contributed by atoms with Crippen molar-refractivity contribution in [2.45, 2.75) is 24.5 Å². The molecule has 104 valence electrons. The molecule has 8 heteroatoms. The van der Waals surface area contributed by atoms with E-state index in [1.54, 1.807) is 0 Å². The van der Waals surface area contributed by atoms with Gasteiger partial charge in [-0.3, -0.25) is 14.3 Å². The molecular formula is C11H14N2O6. The fraction of sp³-hybridized carbons (Fsp3) is 0.455. The zero-order valence-electron chi connectivity index (χ0n) is 9.89. The van der Waals surface area contributed by atoms with Gasteiger partial charge >= 0.3 is 5.69 Å². The molecule has 19 heavy (non-hydrogen) atoms. The molecule has 1 aliphatic heterocycles. The molecule has 1 aromatic heterocycles. The van der Waals surface area contributed by atoms with Crippen LogP contribution in [0.4, 0.5) is 0 Å². The molecule has 1 aromatic rings. The lowest BCUT2D eigenvalue weighted by Crippen LogP contribution is -2.39. The highest BCUT2D eigenvalue weighted by atomic mass is 16.6. The van der Waals surface area contributed by atoms with Crippen LogP contribution in [0.15, 0.2) is 22.2 Å². The first-order valence-electron chi connectivity index (χ1n) is 5.60. The van der Waals surface area contributed by atoms with Crippen molar-refractivity contribution in [1.29, 1.82) is 0 Å². The normalized spacial score (nSPS) is 30.5. The first-order valence-corrected chi connectivity index (χ1v) is 5.60. The first kappa shape index (κ1) is 13.7. The molecule has 0 radical (unpaired) electrons. The van der Waals surface area contributed by atoms with E-state index in [2.05, 4.69) is 6.58 Å². The van der Waals surface area contributed by atoms with Crippen molar-refractivity contribution in [1.82, 2.24) is 9.55 Å². The Balaban J connectivity index is 2.51. The van der Waals surface area contributed by atoms with Crippen LogP contribution < -0.4 is 11.2 Å². The zero-order chi connectivity index (χ0) is 14.2. The molecule has 0 unspecified atom stereocenters. The van der Waals surface area contributed by atoms with E-state index in [1.807, 2.05) is 4.98 Å². The number of hydrogen-bond acceptors (Lipinski definition) is 6. The molecule has 4 atom stereocenters. The highest BCUT2D eigenvalue weighted by Gasteiger charge is 2.44. The lowest BCUT2D eigenvalue weighted by Gasteiger charge is -2.19. The van der Waals surface area contributed by atoms with Crippen molar-refractivity contribution in [2.75, 3.05) is 6.61 Å². The van der Waals surface area contributed by atoms with Crippen LogP contribution >= 0.6 is 0 Å². The summed E-state index contributed by atoms with van der Waals surface area (Å²) in [4.78, 5) is 25.0. The maximum Gasteiger partial charge on any atom is 0.331 e. The Morgan fingerprint density at radius 1 is 1.42 bits per heavy atom. The lowest BCUT2D eigenvalue weighted by atomic mass is 10.1. The smallest absolute Gasteiger partial charge is 0.331 e. The van der Waals surface area contributed by atoms with Gasteiger partial charge in [-0.15, -0.1) is 0 Å². The minimum atomic E-state index is -1.40. The number of aromatic nitrogens is 2. The van der Waals surface area contributed by atoms with Gasteiger partial charge in [-0.25, -0.2) is 4.79 Å². The second-order valence-electron chi connectivity index (χ2n) is 4.17. The molecule has 8 nitrogen and oxygen atoms in total. The SMILES string of the molecule is C=Cc1cc(=O)[nH]c(=O)n1[C@@H]1O[C@H](CO)[C@@H](O)[C@H]1O. The second-order valence-corrected chi connectivity index (χ2v) is 4.17. The van der Waals surface area contributed by atoms with E-state index in [1.165, 1.54) is 6.08 Å². The van der Waals surface area contributed by atoms with Gasteiger partial charge in [-0.1, -0.05) is 6.58 Å². The second kappa shape index (κ2) is 5.10. The number of hydrogen-bond donors (Lipinski definition) is 4. The van der Waals surface area contributed by atoms with Crippen LogP contribution in [-0.4, -0.2) is 49.8 Å². The van der Waals surface area contributed by atoms with Crippen molar-refractivity contribution in [3.63, 3.8) is 0 Å². The number of nitrogens with zero attached hydrogens (tertiary/aromatic N) is 1. The van der Waals surface area contributed by atoms with Crippen LogP contribution in [-0.2, 0) is 4.74 Å². The lowest BCUT2D eigenvalue weighted by molar-refractivity contribution is -0.0553. The maximum atomic E-state index is 11.8. The van der Waals surface area contributed by atoms with Gasteiger partial charge in [0.25, 0.3) is 5.56 Å². The van der Waals surface area contributed by atoms with E-state index < -0.39 is 42.4 Å². The summed E-state index contributed by atoms with van der Waals surface area (Å²) in [6.07, 6.45) is -3.68. The molecule has 1 fully saturated rings. The summed E-state index contributed by atoms with van der Waals surface area (Å²) in [5.74, 6) is 0. The largest absolute Gasteiger partial charge is 0.394 e. The predicted octanol–water partition coefficient (Wildman–Crippen LogP) is -2.21. The summed E-state index contributed by atoms with van der Waals surface area (Å²) in [6.45, 7) is 2.96. The van der Waals surface area contributed by atoms with Crippen LogP contribution in [0.5, 0.6) is 0 Å². The average Bonchev–Trinajstić information content (AvgIpc) is 2.65. The van der Waals surface area contributed by atoms with E-state index in [4.69, 9.17) is 9.84 Å². The molecule has 1 saturated heterocycles. The number of aliphatic hydroxyl groups is 3. The van der Waals surface area contributed by atoms with Crippen LogP contribution in [0.3, 0.4) is 0 Å². The van der Waals surface area contributed by atoms with E-state index in [0.29, 0.717) is 0 Å². The highest BCUT2D eigenvalue weighted by Crippen LogP contribution is 2.28. The topological polar surface area (TPSA) is 125 Å². The van der Waals surface area contributed by atoms with E-state index in [-0.39, 0.29) is 5.69 Å². The summed E-state index contributed by atoms with van der Waals surface area (Å²) in [5.41, 5.74) is -1.26. The van der Waals surface area contributed by atoms with Crippen molar-refractivity contribution in [3.05, 3.63) is 39.2 Å². The molecule has 0 bridgehead atoms. The molecule has 0 saturated carbocycles. The fourth-order valence-corrected chi connectivity index (χ4v) is 2.04. The predicted molar refractivity (Wildman–Crippen MR) is 64.4 cm³/mol. The molecular weight excluding hydrogens is 256 g/mol. The first-order chi connectivity index (χ1) is 8.99. The number of H-pyrrole nitrogens is 1. The van der Waals surface area contributed by atoms with Gasteiger partial charge in [0, 0.05) is 6.07 Å². The summed E-state index contributed by atoms with van der Waals surface area (Å²) in [6, 6.07) is 1.11. The van der Waals surface area contributed by atoms with Crippen molar-refractivity contribution >= 4 is 6.08 Å². The Morgan fingerprint density at radius 3 is 2.63 bits per heavy atom. The third-order valence-electron chi connectivity index (χ3n) is 2.99. The van der Waals surface area contributed by atoms with Gasteiger partial charge in [-0.2, -0.15) is 0 Å². The quantitative estimate of drug-likeness (QED) is 0.493. The van der Waals surface area contributed by atoms with Crippen LogP contribution in [0.25, 0.3) is 6.08 Å². The summed E-state index contributed by atoms with van der Waals surface area (Å²) in [7, 11) is 0. The van der Waals surface area contributed by atoms with E-state index >= 15 is 0 Å². The molecule has 2 heterocycles. The maximum absolute atomic E-state index is 11.8. The molecule has 0 spiro atoms. The van der Waals surface area contributed by atoms with Gasteiger partial charge in [0.05, 0.1) is 12.3 Å². The van der Waals surface area contributed by atoms with Crippen LogP contribution in [0.2, 0.25) is 0 Å². The fourth-order valence-electron chi connectivity index (χ4n) is 2.04. The number of rotatable bonds is 3. The van der Waals surface area contributed by atoms with Crippen molar-refractivity contribution in [2.24, 2.45) is 0 Å². The van der Waals surface area contributed by atoms with Crippen molar-refractivity contribution < 1.29 is 20.1 Å². The number of ether oxygens (including phenoxy) is 1. The molecule has 1 aliphatic rings. The van der Waals surface area contributed by atoms with E-state index in [9.17, 15) is 19.8 Å². The number of nitrogens with one attached hydrogen (secondary N) is 1. The van der Waals surface area contributed by atoms with Crippen LogP contribution in [0, 0.1) is 0 Å². The highest BCUT2D eigenvalue weighted by molar-refractivity contribution is 5.41. The Labute approximate surface area is 107 Å². The third kappa shape index (κ3) is 2.26. The zero-order valence-corrected chi connectivity index (χ0v) is 9.89. The number of aromatic amines is 1. The van der Waals surface area contributed by atoms with Crippen molar-refractivity contribution in [3.8, 4) is 0 Å². The Hall–Kier alpha value is -1.74. The Morgan fingerprint density at radius 2 is 2.11 bits per heavy atom. The van der Waals surface area contributed by atoms with Gasteiger partial charge in [0.15, 0.2) is 6.23 Å². The monoisotopic (exact) mass is 270 g/mol. The Bertz CT molecular complexity index is 592. The molecule has 2 rings (SSSR count).